The van der Waals surface area contributed by atoms with Crippen LogP contribution < -0.4 is 10.0 Å². The lowest BCUT2D eigenvalue weighted by Crippen LogP contribution is -2.40. The van der Waals surface area contributed by atoms with Crippen LogP contribution in [0, 0.1) is 5.21 Å². The third-order valence-corrected chi connectivity index (χ3v) is 2.52. The molecule has 1 aromatic heterocycles. The number of carbonyl (C=O) groups excluding carboxylic acids is 1. The lowest BCUT2D eigenvalue weighted by molar-refractivity contribution is -0.582. The van der Waals surface area contributed by atoms with Crippen molar-refractivity contribution >= 4 is 16.9 Å². The lowest BCUT2D eigenvalue weighted by Gasteiger charge is -2.04. The Bertz CT molecular complexity index is 540. The fourth-order valence-corrected chi connectivity index (χ4v) is 1.66. The zero-order valence-electron chi connectivity index (χ0n) is 9.79. The molecule has 96 valence electrons. The number of hydrogen-bond acceptors (Lipinski definition) is 4. The normalized spacial score (nSPS) is 10.7. The van der Waals surface area contributed by atoms with E-state index in [0.29, 0.717) is 16.1 Å². The summed E-state index contributed by atoms with van der Waals surface area (Å²) in [5, 5.41) is 24.1. The van der Waals surface area contributed by atoms with Crippen molar-refractivity contribution in [1.29, 1.82) is 0 Å². The molecule has 0 aliphatic rings. The van der Waals surface area contributed by atoms with E-state index in [-0.39, 0.29) is 23.4 Å². The minimum absolute atomic E-state index is 0.233. The van der Waals surface area contributed by atoms with Gasteiger partial charge in [0.2, 0.25) is 5.52 Å². The zero-order valence-corrected chi connectivity index (χ0v) is 9.79. The summed E-state index contributed by atoms with van der Waals surface area (Å²) in [6, 6.07) is 6.40. The maximum Gasteiger partial charge on any atom is 0.390 e. The van der Waals surface area contributed by atoms with Gasteiger partial charge in [-0.15, -0.1) is 0 Å². The Balaban J connectivity index is 2.36. The van der Waals surface area contributed by atoms with Crippen LogP contribution in [0.3, 0.4) is 0 Å². The smallest absolute Gasteiger partial charge is 0.390 e. The average molecular weight is 251 g/mol. The molecule has 0 aliphatic heterocycles. The first-order valence-electron chi connectivity index (χ1n) is 5.36. The number of nitrogens with zero attached hydrogens (tertiary/aromatic N) is 2. The van der Waals surface area contributed by atoms with Gasteiger partial charge in [0, 0.05) is 13.7 Å². The first-order chi connectivity index (χ1) is 8.66. The van der Waals surface area contributed by atoms with E-state index in [1.165, 1.54) is 13.2 Å². The molecule has 0 saturated heterocycles. The number of methoxy groups -OCH3 is 1. The molecule has 0 aliphatic carbocycles. The summed E-state index contributed by atoms with van der Waals surface area (Å²) in [4.78, 5) is 11.8. The van der Waals surface area contributed by atoms with Crippen molar-refractivity contribution in [3.8, 4) is 0 Å². The maximum atomic E-state index is 11.9. The number of nitrogens with one attached hydrogen (secondary N) is 1. The fourth-order valence-electron chi connectivity index (χ4n) is 1.66. The van der Waals surface area contributed by atoms with Crippen molar-refractivity contribution in [2.45, 2.75) is 0 Å². The Morgan fingerprint density at radius 2 is 2.28 bits per heavy atom. The minimum atomic E-state index is -0.652. The molecule has 0 atom stereocenters. The second kappa shape index (κ2) is 4.92. The molecule has 0 spiro atoms. The Morgan fingerprint density at radius 1 is 1.56 bits per heavy atom. The van der Waals surface area contributed by atoms with Crippen molar-refractivity contribution < 1.29 is 19.5 Å². The van der Waals surface area contributed by atoms with Gasteiger partial charge < -0.3 is 20.5 Å². The highest BCUT2D eigenvalue weighted by molar-refractivity contribution is 5.92. The minimum Gasteiger partial charge on any atom is -0.710 e. The predicted octanol–water partition coefficient (Wildman–Crippen LogP) is -0.112. The molecule has 1 amide bonds. The van der Waals surface area contributed by atoms with E-state index in [2.05, 4.69) is 5.32 Å². The number of aromatic nitrogens is 2. The van der Waals surface area contributed by atoms with Gasteiger partial charge in [-0.3, -0.25) is 4.79 Å². The highest BCUT2D eigenvalue weighted by Crippen LogP contribution is 2.11. The molecule has 1 heterocycles. The maximum absolute atomic E-state index is 11.9. The van der Waals surface area contributed by atoms with Gasteiger partial charge in [0.15, 0.2) is 5.52 Å². The number of benzene rings is 1. The van der Waals surface area contributed by atoms with E-state index >= 15 is 0 Å². The van der Waals surface area contributed by atoms with Gasteiger partial charge in [-0.2, -0.15) is 0 Å². The van der Waals surface area contributed by atoms with E-state index in [0.717, 1.165) is 0 Å². The van der Waals surface area contributed by atoms with Crippen molar-refractivity contribution in [3.63, 3.8) is 0 Å². The quantitative estimate of drug-likeness (QED) is 0.343. The number of hydrogen-bond donors (Lipinski definition) is 2. The molecule has 18 heavy (non-hydrogen) atoms. The molecule has 2 rings (SSSR count). The number of amides is 1. The molecule has 1 aromatic carbocycles. The van der Waals surface area contributed by atoms with Crippen LogP contribution >= 0.6 is 0 Å². The van der Waals surface area contributed by atoms with E-state index in [4.69, 9.17) is 4.74 Å². The van der Waals surface area contributed by atoms with E-state index < -0.39 is 5.91 Å². The molecule has 0 saturated carbocycles. The van der Waals surface area contributed by atoms with E-state index in [1.807, 2.05) is 0 Å². The van der Waals surface area contributed by atoms with Gasteiger partial charge in [-0.25, -0.2) is 4.73 Å². The van der Waals surface area contributed by atoms with Crippen molar-refractivity contribution in [3.05, 3.63) is 35.3 Å². The molecular formula is C11H13N3O4. The summed E-state index contributed by atoms with van der Waals surface area (Å²) in [5.74, 6) is -1.02. The van der Waals surface area contributed by atoms with Crippen LogP contribution in [-0.4, -0.2) is 36.1 Å². The Hall–Kier alpha value is -2.28. The molecule has 7 heteroatoms. The highest BCUT2D eigenvalue weighted by Gasteiger charge is 2.27. The average Bonchev–Trinajstić information content (AvgIpc) is 2.63. The van der Waals surface area contributed by atoms with Crippen LogP contribution in [0.4, 0.5) is 0 Å². The molecule has 7 nitrogen and oxygen atoms in total. The molecule has 2 aromatic rings. The number of fused-ring (bicyclic) bond motifs is 1. The Kier molecular flexibility index (Phi) is 3.33. The lowest BCUT2D eigenvalue weighted by atomic mass is 10.3. The summed E-state index contributed by atoms with van der Waals surface area (Å²) < 4.78 is 5.77. The zero-order chi connectivity index (χ0) is 13.1. The van der Waals surface area contributed by atoms with Gasteiger partial charge >= 0.3 is 11.7 Å². The summed E-state index contributed by atoms with van der Waals surface area (Å²) in [6.07, 6.45) is 0. The van der Waals surface area contributed by atoms with E-state index in [1.54, 1.807) is 18.2 Å². The fraction of sp³-hybridized carbons (Fsp3) is 0.273. The number of carbonyl (C=O) groups is 1. The Labute approximate surface area is 103 Å². The summed E-state index contributed by atoms with van der Waals surface area (Å²) >= 11 is 0. The van der Waals surface area contributed by atoms with Gasteiger partial charge in [0.05, 0.1) is 6.61 Å². The van der Waals surface area contributed by atoms with Gasteiger partial charge in [-0.1, -0.05) is 12.1 Å². The number of imidazole rings is 1. The van der Waals surface area contributed by atoms with Crippen molar-refractivity contribution in [2.75, 3.05) is 20.3 Å². The second-order valence-electron chi connectivity index (χ2n) is 3.67. The van der Waals surface area contributed by atoms with Crippen LogP contribution in [-0.2, 0) is 4.74 Å². The SMILES string of the molecule is COCCNC(=O)c1n(O)c2ccccc2[n+]1[O-]. The monoisotopic (exact) mass is 251 g/mol. The molecule has 2 N–H and O–H groups in total. The third kappa shape index (κ3) is 1.95. The highest BCUT2D eigenvalue weighted by atomic mass is 16.5. The van der Waals surface area contributed by atoms with Crippen LogP contribution in [0.15, 0.2) is 24.3 Å². The number of para-hydroxylation sites is 2. The van der Waals surface area contributed by atoms with Crippen LogP contribution in [0.2, 0.25) is 0 Å². The van der Waals surface area contributed by atoms with Crippen LogP contribution in [0.1, 0.15) is 10.6 Å². The summed E-state index contributed by atoms with van der Waals surface area (Å²) in [7, 11) is 1.50. The van der Waals surface area contributed by atoms with Crippen molar-refractivity contribution in [2.24, 2.45) is 0 Å². The standard InChI is InChI=1S/C11H13N3O4/c1-18-7-6-12-10(15)11-13(16)8-4-2-3-5-9(8)14(11)17/h2-5,16H,6-7H2,1H3,(H,12,15). The molecule has 0 unspecified atom stereocenters. The predicted molar refractivity (Wildman–Crippen MR) is 62.3 cm³/mol. The summed E-state index contributed by atoms with van der Waals surface area (Å²) in [6.45, 7) is 0.590. The third-order valence-electron chi connectivity index (χ3n) is 2.52. The Morgan fingerprint density at radius 3 is 2.94 bits per heavy atom. The number of ether oxygens (including phenoxy) is 1. The first kappa shape index (κ1) is 12.2. The first-order valence-corrected chi connectivity index (χ1v) is 5.36. The van der Waals surface area contributed by atoms with Gasteiger partial charge in [0.25, 0.3) is 0 Å². The van der Waals surface area contributed by atoms with Gasteiger partial charge in [0.1, 0.15) is 0 Å². The molecule has 0 bridgehead atoms. The van der Waals surface area contributed by atoms with Gasteiger partial charge in [-0.05, 0) is 16.9 Å². The molecule has 0 radical (unpaired) electrons. The van der Waals surface area contributed by atoms with Crippen LogP contribution in [0.5, 0.6) is 0 Å². The van der Waals surface area contributed by atoms with Crippen molar-refractivity contribution in [1.82, 2.24) is 10.0 Å². The summed E-state index contributed by atoms with van der Waals surface area (Å²) in [5.41, 5.74) is 0.515. The van der Waals surface area contributed by atoms with E-state index in [9.17, 15) is 15.2 Å². The molecule has 0 fully saturated rings. The molecular weight excluding hydrogens is 238 g/mol. The topological polar surface area (TPSA) is 90.4 Å². The number of rotatable bonds is 4. The largest absolute Gasteiger partial charge is 0.710 e. The van der Waals surface area contributed by atoms with Crippen LogP contribution in [0.25, 0.3) is 11.0 Å². The second-order valence-corrected chi connectivity index (χ2v) is 3.67.